The molecule has 0 unspecified atom stereocenters. The molecule has 5 heteroatoms. The molecule has 1 aromatic heterocycles. The Morgan fingerprint density at radius 2 is 2.12 bits per heavy atom. The molecule has 0 aromatic carbocycles. The molecule has 17 heavy (non-hydrogen) atoms. The fourth-order valence-corrected chi connectivity index (χ4v) is 1.80. The van der Waals surface area contributed by atoms with E-state index >= 15 is 0 Å². The maximum atomic E-state index is 12.2. The van der Waals surface area contributed by atoms with Crippen LogP contribution >= 0.6 is 0 Å². The van der Waals surface area contributed by atoms with Crippen molar-refractivity contribution in [3.8, 4) is 0 Å². The lowest BCUT2D eigenvalue weighted by molar-refractivity contribution is 0.0729. The summed E-state index contributed by atoms with van der Waals surface area (Å²) < 4.78 is 0. The summed E-state index contributed by atoms with van der Waals surface area (Å²) in [5.74, 6) is 0.979. The molecular weight excluding hydrogens is 216 g/mol. The van der Waals surface area contributed by atoms with Crippen LogP contribution in [0.15, 0.2) is 12.3 Å². The van der Waals surface area contributed by atoms with Gasteiger partial charge in [-0.25, -0.2) is 9.97 Å². The van der Waals surface area contributed by atoms with E-state index in [0.29, 0.717) is 5.69 Å². The third-order valence-corrected chi connectivity index (χ3v) is 2.81. The van der Waals surface area contributed by atoms with Crippen molar-refractivity contribution in [2.45, 2.75) is 19.8 Å². The first-order valence-electron chi connectivity index (χ1n) is 6.01. The van der Waals surface area contributed by atoms with Crippen LogP contribution in [0, 0.1) is 0 Å². The molecule has 1 amide bonds. The van der Waals surface area contributed by atoms with E-state index in [0.717, 1.165) is 32.0 Å². The first-order chi connectivity index (χ1) is 8.18. The summed E-state index contributed by atoms with van der Waals surface area (Å²) in [6, 6.07) is 1.69. The molecule has 1 aliphatic rings. The molecule has 1 fully saturated rings. The molecule has 0 aliphatic carbocycles. The number of hydrogen-bond donors (Lipinski definition) is 1. The van der Waals surface area contributed by atoms with E-state index in [4.69, 9.17) is 0 Å². The van der Waals surface area contributed by atoms with Gasteiger partial charge < -0.3 is 10.2 Å². The smallest absolute Gasteiger partial charge is 0.272 e. The molecule has 1 saturated heterocycles. The number of nitrogens with zero attached hydrogens (tertiary/aromatic N) is 3. The molecule has 1 aromatic rings. The third-order valence-electron chi connectivity index (χ3n) is 2.81. The molecule has 2 heterocycles. The van der Waals surface area contributed by atoms with Crippen molar-refractivity contribution >= 4 is 5.91 Å². The predicted molar refractivity (Wildman–Crippen MR) is 64.9 cm³/mol. The number of hydrogen-bond acceptors (Lipinski definition) is 4. The van der Waals surface area contributed by atoms with Crippen LogP contribution in [-0.4, -0.2) is 47.0 Å². The zero-order valence-corrected chi connectivity index (χ0v) is 10.3. The van der Waals surface area contributed by atoms with Crippen LogP contribution in [0.2, 0.25) is 0 Å². The van der Waals surface area contributed by atoms with Gasteiger partial charge in [-0.15, -0.1) is 0 Å². The van der Waals surface area contributed by atoms with Crippen molar-refractivity contribution in [2.75, 3.05) is 26.2 Å². The first kappa shape index (κ1) is 12.0. The van der Waals surface area contributed by atoms with Crippen LogP contribution in [0.3, 0.4) is 0 Å². The second kappa shape index (κ2) is 5.23. The van der Waals surface area contributed by atoms with Gasteiger partial charge in [-0.2, -0.15) is 0 Å². The minimum Gasteiger partial charge on any atom is -0.335 e. The largest absolute Gasteiger partial charge is 0.335 e. The van der Waals surface area contributed by atoms with Gasteiger partial charge >= 0.3 is 0 Å². The molecule has 1 aliphatic heterocycles. The molecule has 0 bridgehead atoms. The Kier molecular flexibility index (Phi) is 3.68. The van der Waals surface area contributed by atoms with E-state index in [2.05, 4.69) is 15.3 Å². The fourth-order valence-electron chi connectivity index (χ4n) is 1.80. The van der Waals surface area contributed by atoms with Gasteiger partial charge in [0.2, 0.25) is 0 Å². The quantitative estimate of drug-likeness (QED) is 0.816. The Bertz CT molecular complexity index is 399. The van der Waals surface area contributed by atoms with Crippen molar-refractivity contribution in [1.29, 1.82) is 0 Å². The summed E-state index contributed by atoms with van der Waals surface area (Å²) in [6.45, 7) is 7.25. The van der Waals surface area contributed by atoms with Gasteiger partial charge in [0, 0.05) is 38.3 Å². The fraction of sp³-hybridized carbons (Fsp3) is 0.583. The van der Waals surface area contributed by atoms with E-state index in [1.807, 2.05) is 18.7 Å². The normalized spacial score (nSPS) is 16.3. The van der Waals surface area contributed by atoms with Crippen molar-refractivity contribution in [1.82, 2.24) is 20.2 Å². The second-order valence-corrected chi connectivity index (χ2v) is 4.50. The topological polar surface area (TPSA) is 58.1 Å². The first-order valence-corrected chi connectivity index (χ1v) is 6.01. The summed E-state index contributed by atoms with van der Waals surface area (Å²) in [7, 11) is 0. The molecule has 0 saturated carbocycles. The van der Waals surface area contributed by atoms with Gasteiger partial charge in [0.1, 0.15) is 11.5 Å². The molecule has 1 N–H and O–H groups in total. The Labute approximate surface area is 101 Å². The van der Waals surface area contributed by atoms with Crippen molar-refractivity contribution in [3.63, 3.8) is 0 Å². The van der Waals surface area contributed by atoms with E-state index in [9.17, 15) is 4.79 Å². The van der Waals surface area contributed by atoms with Crippen LogP contribution in [0.4, 0.5) is 0 Å². The van der Waals surface area contributed by atoms with E-state index < -0.39 is 0 Å². The highest BCUT2D eigenvalue weighted by Crippen LogP contribution is 2.10. The van der Waals surface area contributed by atoms with Gasteiger partial charge in [-0.05, 0) is 6.07 Å². The number of carbonyl (C=O) groups is 1. The lowest BCUT2D eigenvalue weighted by Gasteiger charge is -2.27. The second-order valence-electron chi connectivity index (χ2n) is 4.50. The molecule has 5 nitrogen and oxygen atoms in total. The lowest BCUT2D eigenvalue weighted by atomic mass is 10.2. The van der Waals surface area contributed by atoms with Gasteiger partial charge in [-0.3, -0.25) is 4.79 Å². The zero-order valence-electron chi connectivity index (χ0n) is 10.3. The van der Waals surface area contributed by atoms with Crippen LogP contribution in [0.25, 0.3) is 0 Å². The predicted octanol–water partition coefficient (Wildman–Crippen LogP) is 0.645. The average molecular weight is 234 g/mol. The van der Waals surface area contributed by atoms with Gasteiger partial charge in [0.05, 0.1) is 0 Å². The summed E-state index contributed by atoms with van der Waals surface area (Å²) in [4.78, 5) is 22.5. The maximum Gasteiger partial charge on any atom is 0.272 e. The highest BCUT2D eigenvalue weighted by molar-refractivity contribution is 5.92. The van der Waals surface area contributed by atoms with Crippen molar-refractivity contribution in [3.05, 3.63) is 23.8 Å². The summed E-state index contributed by atoms with van der Waals surface area (Å²) in [5, 5.41) is 3.22. The highest BCUT2D eigenvalue weighted by Gasteiger charge is 2.19. The monoisotopic (exact) mass is 234 g/mol. The number of amides is 1. The van der Waals surface area contributed by atoms with Gasteiger partial charge in [0.25, 0.3) is 5.91 Å². The highest BCUT2D eigenvalue weighted by atomic mass is 16.2. The third kappa shape index (κ3) is 2.79. The Hall–Kier alpha value is -1.49. The number of rotatable bonds is 2. The van der Waals surface area contributed by atoms with Gasteiger partial charge in [-0.1, -0.05) is 13.8 Å². The number of carbonyl (C=O) groups excluding carboxylic acids is 1. The Balaban J connectivity index is 2.15. The summed E-state index contributed by atoms with van der Waals surface area (Å²) in [6.07, 6.45) is 1.66. The molecule has 0 radical (unpaired) electrons. The van der Waals surface area contributed by atoms with Crippen LogP contribution in [-0.2, 0) is 0 Å². The standard InChI is InChI=1S/C12H18N4O/c1-9(2)11-14-4-3-10(15-11)12(17)16-7-5-13-6-8-16/h3-4,9,13H,5-8H2,1-2H3. The van der Waals surface area contributed by atoms with Crippen molar-refractivity contribution in [2.24, 2.45) is 0 Å². The Morgan fingerprint density at radius 3 is 2.76 bits per heavy atom. The van der Waals surface area contributed by atoms with E-state index in [1.54, 1.807) is 12.3 Å². The lowest BCUT2D eigenvalue weighted by Crippen LogP contribution is -2.46. The SMILES string of the molecule is CC(C)c1nccc(C(=O)N2CCNCC2)n1. The van der Waals surface area contributed by atoms with Crippen molar-refractivity contribution < 1.29 is 4.79 Å². The van der Waals surface area contributed by atoms with Crippen LogP contribution in [0.1, 0.15) is 36.1 Å². The molecule has 2 rings (SSSR count). The summed E-state index contributed by atoms with van der Waals surface area (Å²) in [5.41, 5.74) is 0.505. The van der Waals surface area contributed by atoms with E-state index in [-0.39, 0.29) is 11.8 Å². The van der Waals surface area contributed by atoms with Gasteiger partial charge in [0.15, 0.2) is 0 Å². The van der Waals surface area contributed by atoms with Crippen LogP contribution < -0.4 is 5.32 Å². The molecular formula is C12H18N4O. The molecule has 0 atom stereocenters. The minimum atomic E-state index is 0.0100. The number of aromatic nitrogens is 2. The number of piperazine rings is 1. The minimum absolute atomic E-state index is 0.0100. The Morgan fingerprint density at radius 1 is 1.41 bits per heavy atom. The molecule has 92 valence electrons. The van der Waals surface area contributed by atoms with E-state index in [1.165, 1.54) is 0 Å². The maximum absolute atomic E-state index is 12.2. The summed E-state index contributed by atoms with van der Waals surface area (Å²) >= 11 is 0. The average Bonchev–Trinajstić information content (AvgIpc) is 2.39. The molecule has 0 spiro atoms. The zero-order chi connectivity index (χ0) is 12.3. The van der Waals surface area contributed by atoms with Crippen LogP contribution in [0.5, 0.6) is 0 Å². The number of nitrogens with one attached hydrogen (secondary N) is 1.